The predicted octanol–water partition coefficient (Wildman–Crippen LogP) is -0.365. The molecule has 3 rings (SSSR count). The summed E-state index contributed by atoms with van der Waals surface area (Å²) in [4.78, 5) is 11.0. The van der Waals surface area contributed by atoms with E-state index in [2.05, 4.69) is 5.32 Å². The SMILES string of the molecule is O=C1NC[C@]2(CO[C@@H]3C[C@H](O)C[C@@H]32)O1. The summed E-state index contributed by atoms with van der Waals surface area (Å²) in [6.07, 6.45) is 0.749. The summed E-state index contributed by atoms with van der Waals surface area (Å²) < 4.78 is 10.8. The number of carbonyl (C=O) groups excluding carboxylic acids is 1. The van der Waals surface area contributed by atoms with Crippen LogP contribution >= 0.6 is 0 Å². The Kier molecular flexibility index (Phi) is 1.58. The minimum atomic E-state index is -0.501. The van der Waals surface area contributed by atoms with Crippen molar-refractivity contribution < 1.29 is 19.4 Å². The number of rotatable bonds is 0. The van der Waals surface area contributed by atoms with Crippen molar-refractivity contribution in [2.75, 3.05) is 13.2 Å². The molecule has 1 aliphatic carbocycles. The second-order valence-electron chi connectivity index (χ2n) is 4.39. The van der Waals surface area contributed by atoms with Crippen LogP contribution < -0.4 is 5.32 Å². The van der Waals surface area contributed by atoms with Gasteiger partial charge in [0.05, 0.1) is 25.4 Å². The lowest BCUT2D eigenvalue weighted by Crippen LogP contribution is -2.41. The van der Waals surface area contributed by atoms with Gasteiger partial charge in [-0.3, -0.25) is 0 Å². The van der Waals surface area contributed by atoms with Crippen molar-refractivity contribution in [2.24, 2.45) is 5.92 Å². The van der Waals surface area contributed by atoms with Gasteiger partial charge in [-0.25, -0.2) is 4.79 Å². The maximum atomic E-state index is 11.0. The zero-order valence-corrected chi connectivity index (χ0v) is 7.73. The lowest BCUT2D eigenvalue weighted by molar-refractivity contribution is 0.00695. The van der Waals surface area contributed by atoms with Gasteiger partial charge in [0.1, 0.15) is 0 Å². The first-order valence-corrected chi connectivity index (χ1v) is 4.96. The number of alkyl carbamates (subject to hydrolysis) is 1. The van der Waals surface area contributed by atoms with E-state index >= 15 is 0 Å². The molecule has 0 aromatic heterocycles. The molecule has 1 amide bonds. The lowest BCUT2D eigenvalue weighted by atomic mass is 9.88. The topological polar surface area (TPSA) is 67.8 Å². The number of fused-ring (bicyclic) bond motifs is 2. The first-order valence-electron chi connectivity index (χ1n) is 4.96. The molecule has 2 aliphatic heterocycles. The molecule has 3 aliphatic rings. The fourth-order valence-electron chi connectivity index (χ4n) is 2.83. The lowest BCUT2D eigenvalue weighted by Gasteiger charge is -2.25. The normalized spacial score (nSPS) is 50.6. The standard InChI is InChI=1S/C9H13NO4/c11-5-1-6-7(2-5)13-4-9(6)3-10-8(12)14-9/h5-7,11H,1-4H2,(H,10,12)/t5-,6+,7-,9-/m1/s1. The number of aliphatic hydroxyl groups is 1. The van der Waals surface area contributed by atoms with Crippen molar-refractivity contribution in [3.8, 4) is 0 Å². The van der Waals surface area contributed by atoms with Gasteiger partial charge in [-0.05, 0) is 12.8 Å². The van der Waals surface area contributed by atoms with Gasteiger partial charge in [-0.1, -0.05) is 0 Å². The molecule has 78 valence electrons. The highest BCUT2D eigenvalue weighted by Gasteiger charge is 2.58. The minimum absolute atomic E-state index is 0.0673. The van der Waals surface area contributed by atoms with Crippen molar-refractivity contribution in [3.05, 3.63) is 0 Å². The van der Waals surface area contributed by atoms with Crippen molar-refractivity contribution in [1.29, 1.82) is 0 Å². The summed E-state index contributed by atoms with van der Waals surface area (Å²) in [7, 11) is 0. The molecule has 0 bridgehead atoms. The smallest absolute Gasteiger partial charge is 0.407 e. The second-order valence-corrected chi connectivity index (χ2v) is 4.39. The molecule has 0 aromatic carbocycles. The van der Waals surface area contributed by atoms with E-state index in [1.54, 1.807) is 0 Å². The first-order chi connectivity index (χ1) is 6.70. The van der Waals surface area contributed by atoms with Crippen LogP contribution in [0.5, 0.6) is 0 Å². The highest BCUT2D eigenvalue weighted by atomic mass is 16.6. The Morgan fingerprint density at radius 3 is 3.07 bits per heavy atom. The van der Waals surface area contributed by atoms with Crippen molar-refractivity contribution in [3.63, 3.8) is 0 Å². The molecule has 5 heteroatoms. The van der Waals surface area contributed by atoms with Crippen LogP contribution in [-0.2, 0) is 9.47 Å². The van der Waals surface area contributed by atoms with E-state index in [4.69, 9.17) is 9.47 Å². The monoisotopic (exact) mass is 199 g/mol. The molecule has 1 saturated carbocycles. The molecule has 3 fully saturated rings. The summed E-state index contributed by atoms with van der Waals surface area (Å²) in [5.41, 5.74) is -0.501. The van der Waals surface area contributed by atoms with Crippen molar-refractivity contribution in [1.82, 2.24) is 5.32 Å². The quantitative estimate of drug-likeness (QED) is 0.559. The molecule has 1 spiro atoms. The minimum Gasteiger partial charge on any atom is -0.438 e. The maximum Gasteiger partial charge on any atom is 0.407 e. The van der Waals surface area contributed by atoms with Gasteiger partial charge >= 0.3 is 6.09 Å². The van der Waals surface area contributed by atoms with E-state index in [1.807, 2.05) is 0 Å². The number of aliphatic hydroxyl groups excluding tert-OH is 1. The Labute approximate surface area is 81.4 Å². The van der Waals surface area contributed by atoms with Gasteiger partial charge in [-0.2, -0.15) is 0 Å². The largest absolute Gasteiger partial charge is 0.438 e. The Balaban J connectivity index is 1.85. The fraction of sp³-hybridized carbons (Fsp3) is 0.889. The van der Waals surface area contributed by atoms with Gasteiger partial charge in [0.25, 0.3) is 0 Å². The third-order valence-corrected chi connectivity index (χ3v) is 3.52. The molecular formula is C9H13NO4. The van der Waals surface area contributed by atoms with Crippen LogP contribution in [0.15, 0.2) is 0 Å². The van der Waals surface area contributed by atoms with E-state index in [0.717, 1.165) is 0 Å². The number of nitrogens with one attached hydrogen (secondary N) is 1. The highest BCUT2D eigenvalue weighted by molar-refractivity contribution is 5.70. The Morgan fingerprint density at radius 1 is 1.50 bits per heavy atom. The molecule has 0 aromatic rings. The van der Waals surface area contributed by atoms with Gasteiger partial charge in [0, 0.05) is 5.92 Å². The third kappa shape index (κ3) is 0.994. The molecule has 14 heavy (non-hydrogen) atoms. The first kappa shape index (κ1) is 8.49. The van der Waals surface area contributed by atoms with E-state index in [0.29, 0.717) is 26.0 Å². The van der Waals surface area contributed by atoms with Crippen LogP contribution in [0.4, 0.5) is 4.79 Å². The van der Waals surface area contributed by atoms with Crippen molar-refractivity contribution in [2.45, 2.75) is 30.7 Å². The Bertz CT molecular complexity index is 282. The average molecular weight is 199 g/mol. The van der Waals surface area contributed by atoms with Crippen LogP contribution in [0, 0.1) is 5.92 Å². The molecule has 5 nitrogen and oxygen atoms in total. The number of ether oxygens (including phenoxy) is 2. The fourth-order valence-corrected chi connectivity index (χ4v) is 2.83. The summed E-state index contributed by atoms with van der Waals surface area (Å²) in [6.45, 7) is 0.980. The second kappa shape index (κ2) is 2.61. The highest BCUT2D eigenvalue weighted by Crippen LogP contribution is 2.45. The van der Waals surface area contributed by atoms with E-state index < -0.39 is 5.60 Å². The average Bonchev–Trinajstić information content (AvgIpc) is 2.74. The summed E-state index contributed by atoms with van der Waals surface area (Å²) >= 11 is 0. The zero-order valence-electron chi connectivity index (χ0n) is 7.73. The molecule has 2 N–H and O–H groups in total. The van der Waals surface area contributed by atoms with Gasteiger partial charge in [0.15, 0.2) is 5.60 Å². The zero-order chi connectivity index (χ0) is 9.76. The summed E-state index contributed by atoms with van der Waals surface area (Å²) in [5, 5.41) is 12.2. The van der Waals surface area contributed by atoms with Crippen LogP contribution in [0.1, 0.15) is 12.8 Å². The van der Waals surface area contributed by atoms with Crippen LogP contribution in [0.25, 0.3) is 0 Å². The molecule has 0 radical (unpaired) electrons. The number of hydrogen-bond acceptors (Lipinski definition) is 4. The number of carbonyl (C=O) groups is 1. The maximum absolute atomic E-state index is 11.0. The van der Waals surface area contributed by atoms with Crippen molar-refractivity contribution >= 4 is 6.09 Å². The molecule has 4 atom stereocenters. The van der Waals surface area contributed by atoms with E-state index in [9.17, 15) is 9.90 Å². The predicted molar refractivity (Wildman–Crippen MR) is 45.7 cm³/mol. The van der Waals surface area contributed by atoms with E-state index in [1.165, 1.54) is 0 Å². The van der Waals surface area contributed by atoms with E-state index in [-0.39, 0.29) is 24.2 Å². The third-order valence-electron chi connectivity index (χ3n) is 3.52. The molecule has 2 heterocycles. The van der Waals surface area contributed by atoms with Crippen LogP contribution in [-0.4, -0.2) is 42.2 Å². The molecule has 2 saturated heterocycles. The number of amides is 1. The molecular weight excluding hydrogens is 186 g/mol. The summed E-state index contributed by atoms with van der Waals surface area (Å²) in [5.74, 6) is 0.163. The molecule has 0 unspecified atom stereocenters. The van der Waals surface area contributed by atoms with Gasteiger partial charge < -0.3 is 19.9 Å². The Morgan fingerprint density at radius 2 is 2.36 bits per heavy atom. The van der Waals surface area contributed by atoms with Gasteiger partial charge in [0.2, 0.25) is 0 Å². The summed E-state index contributed by atoms with van der Waals surface area (Å²) in [6, 6.07) is 0. The van der Waals surface area contributed by atoms with Crippen LogP contribution in [0.3, 0.4) is 0 Å². The van der Waals surface area contributed by atoms with Gasteiger partial charge in [-0.15, -0.1) is 0 Å². The number of hydrogen-bond donors (Lipinski definition) is 2. The Hall–Kier alpha value is -0.810. The van der Waals surface area contributed by atoms with Crippen LogP contribution in [0.2, 0.25) is 0 Å².